The quantitative estimate of drug-likeness (QED) is 0.764. The van der Waals surface area contributed by atoms with Crippen molar-refractivity contribution in [3.8, 4) is 5.88 Å². The summed E-state index contributed by atoms with van der Waals surface area (Å²) in [5.74, 6) is -0.522. The Bertz CT molecular complexity index is 961. The molecule has 0 radical (unpaired) electrons. The molecule has 2 amide bonds. The number of aliphatic hydroxyl groups is 1. The number of rotatable bonds is 6. The second kappa shape index (κ2) is 8.54. The predicted octanol–water partition coefficient (Wildman–Crippen LogP) is 1.83. The van der Waals surface area contributed by atoms with Crippen LogP contribution in [0.2, 0.25) is 0 Å². The lowest BCUT2D eigenvalue weighted by Gasteiger charge is -2.26. The first kappa shape index (κ1) is 19.9. The van der Waals surface area contributed by atoms with Gasteiger partial charge < -0.3 is 24.0 Å². The fourth-order valence-electron chi connectivity index (χ4n) is 3.45. The highest BCUT2D eigenvalue weighted by Crippen LogP contribution is 2.29. The number of carbonyl (C=O) groups is 2. The van der Waals surface area contributed by atoms with Crippen LogP contribution in [0.3, 0.4) is 0 Å². The number of hydrogen-bond acceptors (Lipinski definition) is 7. The molecule has 1 fully saturated rings. The van der Waals surface area contributed by atoms with Crippen LogP contribution in [0.5, 0.6) is 5.88 Å². The molecule has 3 heterocycles. The number of aliphatic hydroxyl groups excluding tert-OH is 1. The Hall–Kier alpha value is -3.40. The molecule has 2 aliphatic rings. The molecular formula is C20H20FN3O6. The number of anilines is 1. The average Bonchev–Trinajstić information content (AvgIpc) is 3.41. The van der Waals surface area contributed by atoms with Crippen molar-refractivity contribution in [2.24, 2.45) is 0 Å². The first-order valence-corrected chi connectivity index (χ1v) is 9.44. The van der Waals surface area contributed by atoms with E-state index in [0.29, 0.717) is 36.6 Å². The van der Waals surface area contributed by atoms with E-state index in [1.54, 1.807) is 24.3 Å². The minimum absolute atomic E-state index is 0.102. The molecule has 2 aromatic rings. The molecule has 9 nitrogen and oxygen atoms in total. The van der Waals surface area contributed by atoms with Crippen molar-refractivity contribution in [3.05, 3.63) is 48.0 Å². The maximum atomic E-state index is 14.8. The van der Waals surface area contributed by atoms with Crippen LogP contribution in [-0.2, 0) is 9.53 Å². The number of cyclic esters (lactones) is 1. The van der Waals surface area contributed by atoms with Crippen molar-refractivity contribution in [2.45, 2.75) is 12.5 Å². The van der Waals surface area contributed by atoms with Gasteiger partial charge in [0.2, 0.25) is 5.91 Å². The monoisotopic (exact) mass is 417 g/mol. The summed E-state index contributed by atoms with van der Waals surface area (Å²) in [6.07, 6.45) is 2.53. The van der Waals surface area contributed by atoms with Crippen LogP contribution in [0, 0.1) is 5.82 Å². The normalized spacial score (nSPS) is 18.9. The Balaban J connectivity index is 1.41. The van der Waals surface area contributed by atoms with Gasteiger partial charge in [0.05, 0.1) is 12.2 Å². The zero-order valence-electron chi connectivity index (χ0n) is 16.0. The SMILES string of the molecule is O=C(CO)N1CC=C(c2ccc(N3C[C@H](COc4ccon4)OC3=O)cc2F)CC1. The summed E-state index contributed by atoms with van der Waals surface area (Å²) in [4.78, 5) is 26.6. The number of aromatic nitrogens is 1. The summed E-state index contributed by atoms with van der Waals surface area (Å²) >= 11 is 0. The Kier molecular flexibility index (Phi) is 5.66. The van der Waals surface area contributed by atoms with Crippen molar-refractivity contribution < 1.29 is 33.1 Å². The van der Waals surface area contributed by atoms with Crippen LogP contribution in [0.4, 0.5) is 14.9 Å². The highest BCUT2D eigenvalue weighted by Gasteiger charge is 2.33. The summed E-state index contributed by atoms with van der Waals surface area (Å²) in [6.45, 7) is 0.518. The number of halogens is 1. The van der Waals surface area contributed by atoms with Crippen LogP contribution >= 0.6 is 0 Å². The highest BCUT2D eigenvalue weighted by molar-refractivity contribution is 5.90. The van der Waals surface area contributed by atoms with Crippen LogP contribution in [0.25, 0.3) is 5.57 Å². The molecule has 1 saturated heterocycles. The van der Waals surface area contributed by atoms with E-state index in [0.717, 1.165) is 5.57 Å². The maximum absolute atomic E-state index is 14.8. The number of amides is 2. The van der Waals surface area contributed by atoms with Crippen molar-refractivity contribution >= 4 is 23.3 Å². The summed E-state index contributed by atoms with van der Waals surface area (Å²) < 4.78 is 30.1. The molecule has 158 valence electrons. The maximum Gasteiger partial charge on any atom is 0.414 e. The smallest absolute Gasteiger partial charge is 0.414 e. The third-order valence-corrected chi connectivity index (χ3v) is 5.01. The van der Waals surface area contributed by atoms with Crippen molar-refractivity contribution in [2.75, 3.05) is 37.7 Å². The number of ether oxygens (including phenoxy) is 2. The molecule has 1 aromatic heterocycles. The summed E-state index contributed by atoms with van der Waals surface area (Å²) in [5.41, 5.74) is 1.59. The van der Waals surface area contributed by atoms with Crippen molar-refractivity contribution in [3.63, 3.8) is 0 Å². The van der Waals surface area contributed by atoms with Gasteiger partial charge in [0.25, 0.3) is 5.88 Å². The summed E-state index contributed by atoms with van der Waals surface area (Å²) in [7, 11) is 0. The number of carbonyl (C=O) groups excluding carboxylic acids is 2. The Morgan fingerprint density at radius 3 is 2.90 bits per heavy atom. The molecule has 1 aromatic carbocycles. The third kappa shape index (κ3) is 4.13. The number of nitrogens with zero attached hydrogens (tertiary/aromatic N) is 3. The Morgan fingerprint density at radius 1 is 1.37 bits per heavy atom. The Labute approximate surface area is 171 Å². The molecule has 2 aliphatic heterocycles. The molecule has 1 N–H and O–H groups in total. The fourth-order valence-corrected chi connectivity index (χ4v) is 3.45. The average molecular weight is 417 g/mol. The van der Waals surface area contributed by atoms with E-state index in [2.05, 4.69) is 9.68 Å². The fraction of sp³-hybridized carbons (Fsp3) is 0.350. The van der Waals surface area contributed by atoms with Crippen LogP contribution in [0.15, 0.2) is 41.1 Å². The lowest BCUT2D eigenvalue weighted by molar-refractivity contribution is -0.133. The van der Waals surface area contributed by atoms with Gasteiger partial charge in [0.1, 0.15) is 25.3 Å². The van der Waals surface area contributed by atoms with Gasteiger partial charge in [-0.05, 0) is 35.3 Å². The van der Waals surface area contributed by atoms with E-state index in [-0.39, 0.29) is 19.1 Å². The van der Waals surface area contributed by atoms with Gasteiger partial charge in [-0.3, -0.25) is 9.69 Å². The molecule has 0 saturated carbocycles. The molecule has 0 spiro atoms. The van der Waals surface area contributed by atoms with E-state index in [4.69, 9.17) is 14.6 Å². The number of benzene rings is 1. The Morgan fingerprint density at radius 2 is 2.23 bits per heavy atom. The first-order chi connectivity index (χ1) is 14.5. The molecular weight excluding hydrogens is 397 g/mol. The van der Waals surface area contributed by atoms with E-state index in [1.807, 2.05) is 0 Å². The van der Waals surface area contributed by atoms with E-state index < -0.39 is 24.6 Å². The molecule has 0 unspecified atom stereocenters. The topological polar surface area (TPSA) is 105 Å². The van der Waals surface area contributed by atoms with E-state index in [9.17, 15) is 14.0 Å². The molecule has 4 rings (SSSR count). The van der Waals surface area contributed by atoms with Crippen LogP contribution in [0.1, 0.15) is 12.0 Å². The number of hydrogen-bond donors (Lipinski definition) is 1. The van der Waals surface area contributed by atoms with Gasteiger partial charge in [0.15, 0.2) is 6.10 Å². The largest absolute Gasteiger partial charge is 0.471 e. The van der Waals surface area contributed by atoms with Gasteiger partial charge >= 0.3 is 6.09 Å². The molecule has 1 atom stereocenters. The van der Waals surface area contributed by atoms with Crippen LogP contribution in [-0.4, -0.2) is 66.1 Å². The zero-order valence-corrected chi connectivity index (χ0v) is 16.0. The molecule has 0 bridgehead atoms. The van der Waals surface area contributed by atoms with Crippen LogP contribution < -0.4 is 9.64 Å². The van der Waals surface area contributed by atoms with Gasteiger partial charge in [-0.2, -0.15) is 0 Å². The molecule has 0 aliphatic carbocycles. The van der Waals surface area contributed by atoms with Gasteiger partial charge in [-0.15, -0.1) is 0 Å². The second-order valence-electron chi connectivity index (χ2n) is 6.91. The lowest BCUT2D eigenvalue weighted by Crippen LogP contribution is -2.36. The second-order valence-corrected chi connectivity index (χ2v) is 6.91. The first-order valence-electron chi connectivity index (χ1n) is 9.44. The van der Waals surface area contributed by atoms with Crippen molar-refractivity contribution in [1.29, 1.82) is 0 Å². The standard InChI is InChI=1S/C20H20FN3O6/c21-17-9-14(1-2-16(17)13-3-6-23(7-4-13)19(26)11-25)24-10-15(30-20(24)27)12-28-18-5-8-29-22-18/h1-3,5,8-9,15,25H,4,6-7,10-12H2/t15-/m1/s1. The third-order valence-electron chi connectivity index (χ3n) is 5.01. The van der Waals surface area contributed by atoms with E-state index >= 15 is 0 Å². The minimum atomic E-state index is -0.578. The van der Waals surface area contributed by atoms with Gasteiger partial charge in [-0.25, -0.2) is 9.18 Å². The van der Waals surface area contributed by atoms with E-state index in [1.165, 1.54) is 22.1 Å². The summed E-state index contributed by atoms with van der Waals surface area (Å²) in [6, 6.07) is 6.12. The molecule has 10 heteroatoms. The minimum Gasteiger partial charge on any atom is -0.471 e. The predicted molar refractivity (Wildman–Crippen MR) is 102 cm³/mol. The van der Waals surface area contributed by atoms with Gasteiger partial charge in [0, 0.05) is 24.7 Å². The summed E-state index contributed by atoms with van der Waals surface area (Å²) in [5, 5.41) is 12.6. The van der Waals surface area contributed by atoms with Gasteiger partial charge in [-0.1, -0.05) is 6.08 Å². The van der Waals surface area contributed by atoms with Crippen molar-refractivity contribution in [1.82, 2.24) is 10.1 Å². The highest BCUT2D eigenvalue weighted by atomic mass is 19.1. The zero-order chi connectivity index (χ0) is 21.1. The lowest BCUT2D eigenvalue weighted by atomic mass is 9.98. The molecule has 30 heavy (non-hydrogen) atoms.